The molecule has 0 aliphatic carbocycles. The third kappa shape index (κ3) is 11.7. The Labute approximate surface area is 325 Å². The molecule has 0 spiro atoms. The minimum atomic E-state index is -0.944. The van der Waals surface area contributed by atoms with Crippen LogP contribution in [0.5, 0.6) is 0 Å². The van der Waals surface area contributed by atoms with Gasteiger partial charge in [-0.3, -0.25) is 24.2 Å². The summed E-state index contributed by atoms with van der Waals surface area (Å²) in [5.74, 6) is -1.71. The number of fused-ring (bicyclic) bond motifs is 1. The fourth-order valence-corrected chi connectivity index (χ4v) is 6.31. The lowest BCUT2D eigenvalue weighted by Gasteiger charge is -2.21. The van der Waals surface area contributed by atoms with Gasteiger partial charge in [-0.25, -0.2) is 0 Å². The van der Waals surface area contributed by atoms with Crippen molar-refractivity contribution < 1.29 is 19.2 Å². The van der Waals surface area contributed by atoms with Crippen LogP contribution in [0.2, 0.25) is 0 Å². The number of nitrogens with zero attached hydrogens (tertiary/aromatic N) is 1. The lowest BCUT2D eigenvalue weighted by atomic mass is 10.0. The summed E-state index contributed by atoms with van der Waals surface area (Å²) in [7, 11) is 0. The van der Waals surface area contributed by atoms with Gasteiger partial charge in [0.05, 0.1) is 12.6 Å². The maximum atomic E-state index is 14.0. The minimum absolute atomic E-state index is 0.0747. The smallest absolute Gasteiger partial charge is 0.251 e. The highest BCUT2D eigenvalue weighted by Crippen LogP contribution is 2.25. The number of rotatable bonds is 19. The Hall–Kier alpha value is -6.51. The van der Waals surface area contributed by atoms with E-state index in [1.165, 1.54) is 0 Å². The SMILES string of the molecule is NCCCC[C@H](NC(=O)c1cccc(-c2cccc(NC(=O)[C@H](Cc3c[nH]c4ccccc34)NC(=O)[C@@H](N)Cc3ccccc3)c2)c1)C(=O)NCCN=C(N)N. The predicted octanol–water partition coefficient (Wildman–Crippen LogP) is 2.69. The normalized spacial score (nSPS) is 12.5. The summed E-state index contributed by atoms with van der Waals surface area (Å²) < 4.78 is 0. The van der Waals surface area contributed by atoms with Gasteiger partial charge in [-0.15, -0.1) is 0 Å². The second-order valence-corrected chi connectivity index (χ2v) is 13.5. The van der Waals surface area contributed by atoms with E-state index in [1.54, 1.807) is 36.4 Å². The number of anilines is 1. The fraction of sp³-hybridized carbons (Fsp3) is 0.262. The lowest BCUT2D eigenvalue weighted by molar-refractivity contribution is -0.127. The van der Waals surface area contributed by atoms with E-state index in [4.69, 9.17) is 22.9 Å². The first-order valence-corrected chi connectivity index (χ1v) is 18.6. The van der Waals surface area contributed by atoms with Gasteiger partial charge >= 0.3 is 0 Å². The van der Waals surface area contributed by atoms with Gasteiger partial charge in [-0.1, -0.05) is 72.8 Å². The largest absolute Gasteiger partial charge is 0.370 e. The van der Waals surface area contributed by atoms with E-state index in [1.807, 2.05) is 72.9 Å². The molecular weight excluding hydrogens is 709 g/mol. The summed E-state index contributed by atoms with van der Waals surface area (Å²) in [6.07, 6.45) is 4.13. The molecule has 0 saturated heterocycles. The monoisotopic (exact) mass is 758 g/mol. The second-order valence-electron chi connectivity index (χ2n) is 13.5. The van der Waals surface area contributed by atoms with E-state index >= 15 is 0 Å². The Morgan fingerprint density at radius 1 is 0.732 bits per heavy atom. The number of benzene rings is 4. The van der Waals surface area contributed by atoms with Gasteiger partial charge in [0.1, 0.15) is 12.1 Å². The van der Waals surface area contributed by atoms with Crippen LogP contribution in [0.4, 0.5) is 5.69 Å². The van der Waals surface area contributed by atoms with E-state index in [9.17, 15) is 19.2 Å². The molecule has 14 heteroatoms. The number of para-hydroxylation sites is 1. The topological polar surface area (TPSA) is 249 Å². The van der Waals surface area contributed by atoms with Crippen LogP contribution in [-0.4, -0.2) is 72.3 Å². The fourth-order valence-electron chi connectivity index (χ4n) is 6.31. The Bertz CT molecular complexity index is 2130. The number of nitrogens with one attached hydrogen (secondary N) is 5. The van der Waals surface area contributed by atoms with E-state index in [-0.39, 0.29) is 31.4 Å². The molecule has 292 valence electrons. The van der Waals surface area contributed by atoms with Crippen molar-refractivity contribution in [2.24, 2.45) is 27.9 Å². The van der Waals surface area contributed by atoms with Crippen LogP contribution in [0.15, 0.2) is 114 Å². The Morgan fingerprint density at radius 3 is 2.23 bits per heavy atom. The second kappa shape index (κ2) is 20.2. The molecule has 0 bridgehead atoms. The van der Waals surface area contributed by atoms with E-state index in [2.05, 4.69) is 31.2 Å². The number of aromatic nitrogens is 1. The van der Waals surface area contributed by atoms with Gasteiger partial charge < -0.3 is 49.2 Å². The maximum absolute atomic E-state index is 14.0. The van der Waals surface area contributed by atoms with E-state index in [0.717, 1.165) is 27.6 Å². The number of aromatic amines is 1. The van der Waals surface area contributed by atoms with Crippen LogP contribution in [-0.2, 0) is 27.2 Å². The number of carbonyl (C=O) groups excluding carboxylic acids is 4. The average molecular weight is 759 g/mol. The van der Waals surface area contributed by atoms with Crippen molar-refractivity contribution in [1.82, 2.24) is 20.9 Å². The van der Waals surface area contributed by atoms with Crippen LogP contribution >= 0.6 is 0 Å². The average Bonchev–Trinajstić information content (AvgIpc) is 3.61. The number of nitrogens with two attached hydrogens (primary N) is 4. The number of aliphatic imine (C=N–C) groups is 1. The van der Waals surface area contributed by atoms with Gasteiger partial charge in [0.15, 0.2) is 5.96 Å². The van der Waals surface area contributed by atoms with E-state index in [0.29, 0.717) is 49.0 Å². The summed E-state index contributed by atoms with van der Waals surface area (Å²) in [6.45, 7) is 0.887. The van der Waals surface area contributed by atoms with Crippen molar-refractivity contribution in [1.29, 1.82) is 0 Å². The Kier molecular flexibility index (Phi) is 14.7. The van der Waals surface area contributed by atoms with E-state index < -0.39 is 35.8 Å². The molecule has 0 fully saturated rings. The van der Waals surface area contributed by atoms with Gasteiger partial charge in [0.2, 0.25) is 17.7 Å². The molecule has 0 saturated carbocycles. The zero-order chi connectivity index (χ0) is 39.9. The van der Waals surface area contributed by atoms with Crippen LogP contribution in [0.25, 0.3) is 22.0 Å². The number of guanidine groups is 1. The molecule has 5 aromatic rings. The maximum Gasteiger partial charge on any atom is 0.251 e. The molecule has 13 N–H and O–H groups in total. The van der Waals surface area contributed by atoms with Crippen molar-refractivity contribution in [2.45, 2.75) is 50.2 Å². The highest BCUT2D eigenvalue weighted by atomic mass is 16.2. The van der Waals surface area contributed by atoms with Crippen molar-refractivity contribution in [2.75, 3.05) is 25.0 Å². The third-order valence-corrected chi connectivity index (χ3v) is 9.23. The standard InChI is InChI=1S/C42H50N10O4/c43-19-7-6-18-36(40(55)47-20-21-48-42(45)46)51-38(53)30-14-8-12-28(23-30)29-13-9-15-32(24-29)50-41(56)37(25-31-26-49-35-17-5-4-16-33(31)35)52-39(54)34(44)22-27-10-2-1-3-11-27/h1-5,8-17,23-24,26,34,36-37,49H,6-7,18-22,25,43-44H2,(H,47,55)(H,50,56)(H,51,53)(H,52,54)(H4,45,46,48)/t34-,36-,37-/m0/s1. The highest BCUT2D eigenvalue weighted by molar-refractivity contribution is 6.00. The zero-order valence-corrected chi connectivity index (χ0v) is 31.2. The highest BCUT2D eigenvalue weighted by Gasteiger charge is 2.26. The molecule has 14 nitrogen and oxygen atoms in total. The lowest BCUT2D eigenvalue weighted by Crippen LogP contribution is -2.51. The molecule has 4 aromatic carbocycles. The number of hydrogen-bond donors (Lipinski definition) is 9. The van der Waals surface area contributed by atoms with Gasteiger partial charge in [0, 0.05) is 41.3 Å². The molecule has 0 radical (unpaired) electrons. The predicted molar refractivity (Wildman–Crippen MR) is 220 cm³/mol. The molecule has 4 amide bonds. The van der Waals surface area contributed by atoms with Crippen LogP contribution in [0, 0.1) is 0 Å². The van der Waals surface area contributed by atoms with Gasteiger partial charge in [-0.05, 0) is 84.8 Å². The minimum Gasteiger partial charge on any atom is -0.370 e. The van der Waals surface area contributed by atoms with Crippen molar-refractivity contribution in [3.63, 3.8) is 0 Å². The van der Waals surface area contributed by atoms with Crippen LogP contribution < -0.4 is 44.2 Å². The van der Waals surface area contributed by atoms with Crippen molar-refractivity contribution >= 4 is 46.2 Å². The Morgan fingerprint density at radius 2 is 1.46 bits per heavy atom. The molecule has 1 aromatic heterocycles. The molecule has 5 rings (SSSR count). The summed E-state index contributed by atoms with van der Waals surface area (Å²) in [5, 5.41) is 12.4. The Balaban J connectivity index is 1.30. The third-order valence-electron chi connectivity index (χ3n) is 9.23. The van der Waals surface area contributed by atoms with Crippen LogP contribution in [0.3, 0.4) is 0 Å². The molecule has 3 atom stereocenters. The quantitative estimate of drug-likeness (QED) is 0.0343. The van der Waals surface area contributed by atoms with Crippen molar-refractivity contribution in [3.05, 3.63) is 126 Å². The number of carbonyl (C=O) groups is 4. The first kappa shape index (κ1) is 40.7. The summed E-state index contributed by atoms with van der Waals surface area (Å²) in [4.78, 5) is 60.9. The summed E-state index contributed by atoms with van der Waals surface area (Å²) in [6, 6.07) is 28.8. The molecule has 0 unspecified atom stereocenters. The zero-order valence-electron chi connectivity index (χ0n) is 31.2. The number of unbranched alkanes of at least 4 members (excludes halogenated alkanes) is 1. The van der Waals surface area contributed by atoms with Crippen LogP contribution in [0.1, 0.15) is 40.7 Å². The molecule has 1 heterocycles. The molecular formula is C42H50N10O4. The molecule has 0 aliphatic heterocycles. The van der Waals surface area contributed by atoms with Crippen molar-refractivity contribution in [3.8, 4) is 11.1 Å². The number of H-pyrrole nitrogens is 1. The first-order chi connectivity index (χ1) is 27.1. The van der Waals surface area contributed by atoms with Gasteiger partial charge in [-0.2, -0.15) is 0 Å². The van der Waals surface area contributed by atoms with Gasteiger partial charge in [0.25, 0.3) is 5.91 Å². The summed E-state index contributed by atoms with van der Waals surface area (Å²) >= 11 is 0. The molecule has 56 heavy (non-hydrogen) atoms. The first-order valence-electron chi connectivity index (χ1n) is 18.6. The number of amides is 4. The summed E-state index contributed by atoms with van der Waals surface area (Å²) in [5.41, 5.74) is 27.7. The number of hydrogen-bond acceptors (Lipinski definition) is 7. The molecule has 0 aliphatic rings.